The summed E-state index contributed by atoms with van der Waals surface area (Å²) in [4.78, 5) is 26.6. The number of hydrogen-bond acceptors (Lipinski definition) is 6. The van der Waals surface area contributed by atoms with E-state index >= 15 is 0 Å². The first kappa shape index (κ1) is 11.8. The molecule has 6 heteroatoms. The summed E-state index contributed by atoms with van der Waals surface area (Å²) in [5.74, 6) is 0.541. The number of nitrogens with zero attached hydrogens (tertiary/aromatic N) is 4. The zero-order chi connectivity index (χ0) is 13.2. The Morgan fingerprint density at radius 1 is 1.37 bits per heavy atom. The van der Waals surface area contributed by atoms with Gasteiger partial charge in [-0.15, -0.1) is 0 Å². The number of aromatic nitrogens is 3. The van der Waals surface area contributed by atoms with Crippen molar-refractivity contribution in [1.29, 1.82) is 0 Å². The predicted octanol–water partition coefficient (Wildman–Crippen LogP) is 1.17. The number of esters is 1. The molecule has 1 aliphatic heterocycles. The number of methoxy groups -OCH3 is 1. The zero-order valence-electron chi connectivity index (χ0n) is 10.6. The second-order valence-corrected chi connectivity index (χ2v) is 4.44. The maximum absolute atomic E-state index is 11.7. The minimum atomic E-state index is -0.244. The smallest absolute Gasteiger partial charge is 0.328 e. The van der Waals surface area contributed by atoms with Crippen LogP contribution in [-0.4, -0.2) is 40.6 Å². The van der Waals surface area contributed by atoms with Gasteiger partial charge in [0.05, 0.1) is 7.11 Å². The SMILES string of the molecule is COC(=O)C1CCCN1c1ccc2nccnc2n1. The topological polar surface area (TPSA) is 68.2 Å². The van der Waals surface area contributed by atoms with Gasteiger partial charge in [-0.1, -0.05) is 0 Å². The first-order valence-electron chi connectivity index (χ1n) is 6.22. The van der Waals surface area contributed by atoms with Crippen molar-refractivity contribution in [2.75, 3.05) is 18.6 Å². The van der Waals surface area contributed by atoms with Gasteiger partial charge in [0, 0.05) is 18.9 Å². The van der Waals surface area contributed by atoms with Gasteiger partial charge in [0.1, 0.15) is 17.4 Å². The molecule has 0 amide bonds. The number of pyridine rings is 1. The highest BCUT2D eigenvalue weighted by molar-refractivity contribution is 5.81. The molecular weight excluding hydrogens is 244 g/mol. The number of carbonyl (C=O) groups is 1. The Hall–Kier alpha value is -2.24. The van der Waals surface area contributed by atoms with E-state index in [1.165, 1.54) is 7.11 Å². The van der Waals surface area contributed by atoms with Crippen LogP contribution in [0.4, 0.5) is 5.82 Å². The van der Waals surface area contributed by atoms with Crippen LogP contribution in [0.5, 0.6) is 0 Å². The van der Waals surface area contributed by atoms with Gasteiger partial charge in [-0.2, -0.15) is 0 Å². The minimum absolute atomic E-state index is 0.210. The van der Waals surface area contributed by atoms with Gasteiger partial charge in [0.25, 0.3) is 0 Å². The molecule has 0 aliphatic carbocycles. The number of anilines is 1. The number of carbonyl (C=O) groups excluding carboxylic acids is 1. The lowest BCUT2D eigenvalue weighted by Crippen LogP contribution is -2.37. The largest absolute Gasteiger partial charge is 0.467 e. The molecule has 1 fully saturated rings. The maximum atomic E-state index is 11.7. The third-order valence-electron chi connectivity index (χ3n) is 3.34. The summed E-state index contributed by atoms with van der Waals surface area (Å²) in [7, 11) is 1.41. The van der Waals surface area contributed by atoms with Crippen molar-refractivity contribution >= 4 is 23.0 Å². The summed E-state index contributed by atoms with van der Waals surface area (Å²) in [6.45, 7) is 0.804. The molecule has 19 heavy (non-hydrogen) atoms. The fourth-order valence-electron chi connectivity index (χ4n) is 2.43. The average Bonchev–Trinajstić information content (AvgIpc) is 2.95. The van der Waals surface area contributed by atoms with E-state index < -0.39 is 0 Å². The van der Waals surface area contributed by atoms with Crippen molar-refractivity contribution < 1.29 is 9.53 Å². The molecule has 0 spiro atoms. The molecule has 0 aromatic carbocycles. The Bertz CT molecular complexity index is 616. The van der Waals surface area contributed by atoms with Crippen molar-refractivity contribution in [2.45, 2.75) is 18.9 Å². The molecule has 98 valence electrons. The van der Waals surface area contributed by atoms with Gasteiger partial charge in [0.15, 0.2) is 5.65 Å². The second-order valence-electron chi connectivity index (χ2n) is 4.44. The monoisotopic (exact) mass is 258 g/mol. The van der Waals surface area contributed by atoms with Gasteiger partial charge in [-0.3, -0.25) is 4.98 Å². The van der Waals surface area contributed by atoms with Crippen molar-refractivity contribution in [3.8, 4) is 0 Å². The van der Waals surface area contributed by atoms with Crippen LogP contribution in [0.1, 0.15) is 12.8 Å². The molecule has 1 atom stereocenters. The molecule has 1 unspecified atom stereocenters. The highest BCUT2D eigenvalue weighted by Crippen LogP contribution is 2.25. The van der Waals surface area contributed by atoms with Gasteiger partial charge in [-0.25, -0.2) is 14.8 Å². The van der Waals surface area contributed by atoms with Gasteiger partial charge < -0.3 is 9.64 Å². The number of hydrogen-bond donors (Lipinski definition) is 0. The van der Waals surface area contributed by atoms with Gasteiger partial charge in [-0.05, 0) is 25.0 Å². The van der Waals surface area contributed by atoms with Crippen molar-refractivity contribution in [3.63, 3.8) is 0 Å². The zero-order valence-corrected chi connectivity index (χ0v) is 10.6. The number of rotatable bonds is 2. The molecule has 1 saturated heterocycles. The van der Waals surface area contributed by atoms with Crippen LogP contribution in [0.15, 0.2) is 24.5 Å². The maximum Gasteiger partial charge on any atom is 0.328 e. The Kier molecular flexibility index (Phi) is 2.98. The lowest BCUT2D eigenvalue weighted by molar-refractivity contribution is -0.141. The van der Waals surface area contributed by atoms with Gasteiger partial charge >= 0.3 is 5.97 Å². The summed E-state index contributed by atoms with van der Waals surface area (Å²) in [5, 5.41) is 0. The Balaban J connectivity index is 1.96. The Morgan fingerprint density at radius 3 is 3.05 bits per heavy atom. The third kappa shape index (κ3) is 2.09. The molecule has 1 aliphatic rings. The van der Waals surface area contributed by atoms with E-state index in [-0.39, 0.29) is 12.0 Å². The van der Waals surface area contributed by atoms with Crippen LogP contribution < -0.4 is 4.90 Å². The molecule has 0 bridgehead atoms. The molecule has 2 aromatic rings. The van der Waals surface area contributed by atoms with Crippen LogP contribution in [-0.2, 0) is 9.53 Å². The molecule has 3 heterocycles. The fourth-order valence-corrected chi connectivity index (χ4v) is 2.43. The summed E-state index contributed by atoms with van der Waals surface area (Å²) in [6.07, 6.45) is 5.00. The van der Waals surface area contributed by atoms with E-state index in [9.17, 15) is 4.79 Å². The third-order valence-corrected chi connectivity index (χ3v) is 3.34. The summed E-state index contributed by atoms with van der Waals surface area (Å²) in [5.41, 5.74) is 1.34. The normalized spacial score (nSPS) is 18.8. The molecule has 0 radical (unpaired) electrons. The van der Waals surface area contributed by atoms with Crippen LogP contribution in [0, 0.1) is 0 Å². The fraction of sp³-hybridized carbons (Fsp3) is 0.385. The lowest BCUT2D eigenvalue weighted by atomic mass is 10.2. The molecular formula is C13H14N4O2. The highest BCUT2D eigenvalue weighted by Gasteiger charge is 2.32. The molecule has 0 N–H and O–H groups in total. The average molecular weight is 258 g/mol. The van der Waals surface area contributed by atoms with E-state index in [4.69, 9.17) is 4.74 Å². The molecule has 0 saturated carbocycles. The summed E-state index contributed by atoms with van der Waals surface area (Å²) < 4.78 is 4.84. The summed E-state index contributed by atoms with van der Waals surface area (Å²) >= 11 is 0. The van der Waals surface area contributed by atoms with E-state index in [2.05, 4.69) is 15.0 Å². The van der Waals surface area contributed by atoms with Crippen LogP contribution >= 0.6 is 0 Å². The number of fused-ring (bicyclic) bond motifs is 1. The highest BCUT2D eigenvalue weighted by atomic mass is 16.5. The molecule has 2 aromatic heterocycles. The number of ether oxygens (including phenoxy) is 1. The van der Waals surface area contributed by atoms with Crippen molar-refractivity contribution in [3.05, 3.63) is 24.5 Å². The second kappa shape index (κ2) is 4.79. The van der Waals surface area contributed by atoms with E-state index in [0.29, 0.717) is 5.65 Å². The quantitative estimate of drug-likeness (QED) is 0.753. The Labute approximate surface area is 110 Å². The van der Waals surface area contributed by atoms with Crippen LogP contribution in [0.2, 0.25) is 0 Å². The van der Waals surface area contributed by atoms with Crippen molar-refractivity contribution in [2.24, 2.45) is 0 Å². The van der Waals surface area contributed by atoms with E-state index in [1.807, 2.05) is 17.0 Å². The lowest BCUT2D eigenvalue weighted by Gasteiger charge is -2.23. The van der Waals surface area contributed by atoms with E-state index in [1.54, 1.807) is 12.4 Å². The van der Waals surface area contributed by atoms with E-state index in [0.717, 1.165) is 30.7 Å². The van der Waals surface area contributed by atoms with Crippen LogP contribution in [0.25, 0.3) is 11.2 Å². The molecule has 3 rings (SSSR count). The first-order chi connectivity index (χ1) is 9.29. The van der Waals surface area contributed by atoms with Crippen LogP contribution in [0.3, 0.4) is 0 Å². The Morgan fingerprint density at radius 2 is 2.21 bits per heavy atom. The van der Waals surface area contributed by atoms with Crippen molar-refractivity contribution in [1.82, 2.24) is 15.0 Å². The first-order valence-corrected chi connectivity index (χ1v) is 6.22. The molecule has 6 nitrogen and oxygen atoms in total. The standard InChI is InChI=1S/C13H14N4O2/c1-19-13(18)10-3-2-8-17(10)11-5-4-9-12(16-11)15-7-6-14-9/h4-7,10H,2-3,8H2,1H3. The predicted molar refractivity (Wildman–Crippen MR) is 69.7 cm³/mol. The minimum Gasteiger partial charge on any atom is -0.467 e. The summed E-state index contributed by atoms with van der Waals surface area (Å²) in [6, 6.07) is 3.50. The van der Waals surface area contributed by atoms with Gasteiger partial charge in [0.2, 0.25) is 0 Å².